The number of anilines is 2. The number of rotatable bonds is 11. The summed E-state index contributed by atoms with van der Waals surface area (Å²) in [7, 11) is 1.64. The molecule has 2 aromatic carbocycles. The molecular weight excluding hydrogens is 482 g/mol. The van der Waals surface area contributed by atoms with E-state index in [2.05, 4.69) is 15.2 Å². The molecule has 1 amide bonds. The number of nitrogens with one attached hydrogen (secondary N) is 1. The van der Waals surface area contributed by atoms with Crippen molar-refractivity contribution in [3.63, 3.8) is 0 Å². The summed E-state index contributed by atoms with van der Waals surface area (Å²) in [5.74, 6) is 0.560. The van der Waals surface area contributed by atoms with E-state index in [1.54, 1.807) is 33.2 Å². The van der Waals surface area contributed by atoms with Gasteiger partial charge in [0, 0.05) is 41.9 Å². The maximum atomic E-state index is 13.0. The summed E-state index contributed by atoms with van der Waals surface area (Å²) >= 11 is 0. The van der Waals surface area contributed by atoms with Gasteiger partial charge in [0.1, 0.15) is 6.04 Å². The maximum Gasteiger partial charge on any atom is 0.328 e. The van der Waals surface area contributed by atoms with E-state index in [1.165, 1.54) is 12.8 Å². The number of hydrogen-bond donors (Lipinski definition) is 1. The quantitative estimate of drug-likeness (QED) is 0.339. The van der Waals surface area contributed by atoms with Crippen molar-refractivity contribution in [3.05, 3.63) is 78.1 Å². The largest absolute Gasteiger partial charge is 0.493 e. The van der Waals surface area contributed by atoms with E-state index >= 15 is 0 Å². The Balaban J connectivity index is 1.66. The highest BCUT2D eigenvalue weighted by Gasteiger charge is 2.22. The summed E-state index contributed by atoms with van der Waals surface area (Å²) in [6.45, 7) is 4.12. The Bertz CT molecular complexity index is 1230. The molecule has 8 heteroatoms. The Kier molecular flexibility index (Phi) is 9.19. The van der Waals surface area contributed by atoms with Crippen molar-refractivity contribution in [1.82, 2.24) is 10.3 Å². The van der Waals surface area contributed by atoms with Gasteiger partial charge in [0.2, 0.25) is 0 Å². The first kappa shape index (κ1) is 27.0. The fourth-order valence-electron chi connectivity index (χ4n) is 4.54. The van der Waals surface area contributed by atoms with Crippen molar-refractivity contribution in [1.29, 1.82) is 0 Å². The zero-order chi connectivity index (χ0) is 26.9. The van der Waals surface area contributed by atoms with Crippen LogP contribution in [-0.4, -0.2) is 42.7 Å². The van der Waals surface area contributed by atoms with Crippen LogP contribution in [0.1, 0.15) is 55.5 Å². The highest BCUT2D eigenvalue weighted by Crippen LogP contribution is 2.38. The van der Waals surface area contributed by atoms with Gasteiger partial charge in [-0.15, -0.1) is 0 Å². The molecule has 38 heavy (non-hydrogen) atoms. The molecule has 1 N–H and O–H groups in total. The van der Waals surface area contributed by atoms with E-state index in [0.29, 0.717) is 23.6 Å². The number of aromatic nitrogens is 1. The van der Waals surface area contributed by atoms with Gasteiger partial charge in [0.15, 0.2) is 11.5 Å². The van der Waals surface area contributed by atoms with E-state index in [9.17, 15) is 9.59 Å². The van der Waals surface area contributed by atoms with E-state index in [0.717, 1.165) is 29.8 Å². The summed E-state index contributed by atoms with van der Waals surface area (Å²) in [6.07, 6.45) is 8.16. The van der Waals surface area contributed by atoms with Gasteiger partial charge in [-0.1, -0.05) is 12.1 Å². The number of hydrogen-bond acceptors (Lipinski definition) is 7. The van der Waals surface area contributed by atoms with E-state index in [-0.39, 0.29) is 18.6 Å². The number of pyridine rings is 1. The maximum absolute atomic E-state index is 13.0. The molecule has 1 heterocycles. The lowest BCUT2D eigenvalue weighted by Gasteiger charge is -2.27. The van der Waals surface area contributed by atoms with Crippen LogP contribution in [0.2, 0.25) is 0 Å². The molecule has 8 nitrogen and oxygen atoms in total. The molecular formula is C30H35N3O5. The van der Waals surface area contributed by atoms with E-state index in [4.69, 9.17) is 14.2 Å². The van der Waals surface area contributed by atoms with Crippen LogP contribution in [0, 0.1) is 0 Å². The lowest BCUT2D eigenvalue weighted by atomic mass is 10.1. The molecule has 200 valence electrons. The minimum atomic E-state index is -0.755. The standard InChI is InChI=1S/C30H35N3O5/c1-4-37-30(35)21(2)32-29(34)23-10-7-11-24(17-23)33(20-22-9-8-16-31-19-22)25-14-15-27(36-3)28(18-25)38-26-12-5-6-13-26/h7-11,14-19,21,26H,4-6,12-13,20H2,1-3H3,(H,32,34). The van der Waals surface area contributed by atoms with E-state index < -0.39 is 12.0 Å². The zero-order valence-corrected chi connectivity index (χ0v) is 22.2. The van der Waals surface area contributed by atoms with Gasteiger partial charge in [-0.25, -0.2) is 4.79 Å². The monoisotopic (exact) mass is 517 g/mol. The summed E-state index contributed by atoms with van der Waals surface area (Å²) in [4.78, 5) is 31.4. The van der Waals surface area contributed by atoms with E-state index in [1.807, 2.05) is 54.7 Å². The van der Waals surface area contributed by atoms with Crippen molar-refractivity contribution in [2.45, 2.75) is 58.2 Å². The topological polar surface area (TPSA) is 90.0 Å². The first-order valence-electron chi connectivity index (χ1n) is 13.1. The van der Waals surface area contributed by atoms with Gasteiger partial charge in [0.25, 0.3) is 5.91 Å². The SMILES string of the molecule is CCOC(=O)C(C)NC(=O)c1cccc(N(Cc2cccnc2)c2ccc(OC)c(OC3CCCC3)c2)c1. The minimum absolute atomic E-state index is 0.180. The third-order valence-corrected chi connectivity index (χ3v) is 6.53. The normalized spacial score (nSPS) is 14.0. The first-order chi connectivity index (χ1) is 18.5. The number of methoxy groups -OCH3 is 1. The van der Waals surface area contributed by atoms with Gasteiger partial charge >= 0.3 is 5.97 Å². The van der Waals surface area contributed by atoms with Gasteiger partial charge in [0.05, 0.1) is 19.8 Å². The second-order valence-corrected chi connectivity index (χ2v) is 9.30. The third kappa shape index (κ3) is 6.82. The van der Waals surface area contributed by atoms with Crippen LogP contribution in [0.15, 0.2) is 67.0 Å². The summed E-state index contributed by atoms with van der Waals surface area (Å²) in [5.41, 5.74) is 3.14. The molecule has 4 rings (SSSR count). The molecule has 0 saturated heterocycles. The second-order valence-electron chi connectivity index (χ2n) is 9.30. The fraction of sp³-hybridized carbons (Fsp3) is 0.367. The van der Waals surface area contributed by atoms with Crippen LogP contribution in [0.4, 0.5) is 11.4 Å². The van der Waals surface area contributed by atoms with Crippen molar-refractivity contribution in [2.75, 3.05) is 18.6 Å². The molecule has 0 radical (unpaired) electrons. The summed E-state index contributed by atoms with van der Waals surface area (Å²) < 4.78 is 17.0. The Morgan fingerprint density at radius 1 is 1.05 bits per heavy atom. The minimum Gasteiger partial charge on any atom is -0.493 e. The van der Waals surface area contributed by atoms with Crippen LogP contribution in [0.25, 0.3) is 0 Å². The van der Waals surface area contributed by atoms with Crippen molar-refractivity contribution in [3.8, 4) is 11.5 Å². The predicted octanol–water partition coefficient (Wildman–Crippen LogP) is 5.43. The van der Waals surface area contributed by atoms with Crippen LogP contribution >= 0.6 is 0 Å². The average Bonchev–Trinajstić information content (AvgIpc) is 3.45. The molecule has 1 unspecified atom stereocenters. The lowest BCUT2D eigenvalue weighted by Crippen LogP contribution is -2.39. The van der Waals surface area contributed by atoms with Crippen molar-refractivity contribution < 1.29 is 23.8 Å². The molecule has 0 bridgehead atoms. The number of nitrogens with zero attached hydrogens (tertiary/aromatic N) is 2. The van der Waals surface area contributed by atoms with Crippen LogP contribution in [0.3, 0.4) is 0 Å². The number of carbonyl (C=O) groups excluding carboxylic acids is 2. The molecule has 1 aliphatic rings. The number of esters is 1. The molecule has 3 aromatic rings. The van der Waals surface area contributed by atoms with Crippen LogP contribution < -0.4 is 19.7 Å². The Hall–Kier alpha value is -4.07. The lowest BCUT2D eigenvalue weighted by molar-refractivity contribution is -0.144. The number of amides is 1. The summed E-state index contributed by atoms with van der Waals surface area (Å²) in [5, 5.41) is 2.72. The van der Waals surface area contributed by atoms with Crippen LogP contribution in [-0.2, 0) is 16.1 Å². The Labute approximate surface area is 223 Å². The third-order valence-electron chi connectivity index (χ3n) is 6.53. The van der Waals surface area contributed by atoms with Crippen molar-refractivity contribution >= 4 is 23.3 Å². The molecule has 1 atom stereocenters. The molecule has 1 fully saturated rings. The highest BCUT2D eigenvalue weighted by atomic mass is 16.5. The van der Waals surface area contributed by atoms with Crippen LogP contribution in [0.5, 0.6) is 11.5 Å². The van der Waals surface area contributed by atoms with Gasteiger partial charge in [-0.3, -0.25) is 9.78 Å². The smallest absolute Gasteiger partial charge is 0.328 e. The first-order valence-corrected chi connectivity index (χ1v) is 13.1. The Morgan fingerprint density at radius 2 is 1.84 bits per heavy atom. The van der Waals surface area contributed by atoms with Gasteiger partial charge < -0.3 is 24.4 Å². The number of benzene rings is 2. The zero-order valence-electron chi connectivity index (χ0n) is 22.2. The predicted molar refractivity (Wildman–Crippen MR) is 146 cm³/mol. The average molecular weight is 518 g/mol. The fourth-order valence-corrected chi connectivity index (χ4v) is 4.54. The molecule has 0 spiro atoms. The molecule has 1 aliphatic carbocycles. The van der Waals surface area contributed by atoms with Gasteiger partial charge in [-0.2, -0.15) is 0 Å². The molecule has 1 saturated carbocycles. The molecule has 0 aliphatic heterocycles. The highest BCUT2D eigenvalue weighted by molar-refractivity contribution is 5.97. The summed E-state index contributed by atoms with van der Waals surface area (Å²) in [6, 6.07) is 16.3. The van der Waals surface area contributed by atoms with Crippen molar-refractivity contribution in [2.24, 2.45) is 0 Å². The Morgan fingerprint density at radius 3 is 2.55 bits per heavy atom. The number of carbonyl (C=O) groups is 2. The number of ether oxygens (including phenoxy) is 3. The molecule has 1 aromatic heterocycles. The second kappa shape index (κ2) is 12.9. The van der Waals surface area contributed by atoms with Gasteiger partial charge in [-0.05, 0) is 81.5 Å².